The van der Waals surface area contributed by atoms with E-state index in [1.165, 1.54) is 60.3 Å². The Kier molecular flexibility index (Phi) is 5.70. The van der Waals surface area contributed by atoms with Crippen molar-refractivity contribution in [1.82, 2.24) is 18.7 Å². The Bertz CT molecular complexity index is 3310. The third-order valence-electron chi connectivity index (χ3n) is 12.0. The van der Waals surface area contributed by atoms with Crippen molar-refractivity contribution < 1.29 is 0 Å². The number of allylic oxidation sites excluding steroid dienone is 4. The first kappa shape index (κ1) is 29.4. The molecule has 0 bridgehead atoms. The highest BCUT2D eigenvalue weighted by Crippen LogP contribution is 2.60. The van der Waals surface area contributed by atoms with Crippen LogP contribution in [0.1, 0.15) is 22.5 Å². The van der Waals surface area contributed by atoms with Gasteiger partial charge < -0.3 is 9.13 Å². The van der Waals surface area contributed by atoms with Gasteiger partial charge in [-0.15, -0.1) is 0 Å². The maximum Gasteiger partial charge on any atom is 0.134 e. The lowest BCUT2D eigenvalue weighted by Gasteiger charge is -2.28. The summed E-state index contributed by atoms with van der Waals surface area (Å²) in [6.45, 7) is 8.75. The molecular formula is C50H32N4. The number of benzene rings is 7. The smallest absolute Gasteiger partial charge is 0.134 e. The van der Waals surface area contributed by atoms with Gasteiger partial charge in [-0.3, -0.25) is 4.57 Å². The summed E-state index contributed by atoms with van der Waals surface area (Å²) < 4.78 is 7.27. The highest BCUT2D eigenvalue weighted by atomic mass is 15.1. The van der Waals surface area contributed by atoms with E-state index in [0.717, 1.165) is 45.1 Å². The van der Waals surface area contributed by atoms with E-state index in [1.54, 1.807) is 0 Å². The first-order valence-electron chi connectivity index (χ1n) is 18.5. The summed E-state index contributed by atoms with van der Waals surface area (Å²) in [5.74, 6) is 0.991. The predicted molar refractivity (Wildman–Crippen MR) is 223 cm³/mol. The fourth-order valence-corrected chi connectivity index (χ4v) is 9.98. The topological polar surface area (TPSA) is 27.7 Å². The van der Waals surface area contributed by atoms with E-state index in [1.807, 2.05) is 12.2 Å². The van der Waals surface area contributed by atoms with E-state index in [0.29, 0.717) is 0 Å². The molecule has 252 valence electrons. The summed E-state index contributed by atoms with van der Waals surface area (Å²) in [6, 6.07) is 57.2. The fraction of sp³-hybridized carbons (Fsp3) is 0.0200. The molecule has 0 amide bonds. The summed E-state index contributed by atoms with van der Waals surface area (Å²) in [6.07, 6.45) is 4.02. The van der Waals surface area contributed by atoms with Crippen LogP contribution in [0.5, 0.6) is 0 Å². The van der Waals surface area contributed by atoms with Crippen molar-refractivity contribution in [2.75, 3.05) is 0 Å². The maximum atomic E-state index is 5.45. The van der Waals surface area contributed by atoms with Crippen LogP contribution in [0.25, 0.3) is 77.3 Å². The minimum Gasteiger partial charge on any atom is -0.309 e. The highest BCUT2D eigenvalue weighted by molar-refractivity contribution is 6.26. The molecule has 0 fully saturated rings. The second-order valence-electron chi connectivity index (χ2n) is 14.4. The maximum absolute atomic E-state index is 5.45. The van der Waals surface area contributed by atoms with Gasteiger partial charge in [0.15, 0.2) is 0 Å². The summed E-state index contributed by atoms with van der Waals surface area (Å²) in [4.78, 5) is 5.45. The molecule has 3 aromatic heterocycles. The van der Waals surface area contributed by atoms with Crippen molar-refractivity contribution in [2.24, 2.45) is 0 Å². The average Bonchev–Trinajstić information content (AvgIpc) is 4.00. The van der Waals surface area contributed by atoms with E-state index in [2.05, 4.69) is 185 Å². The van der Waals surface area contributed by atoms with Gasteiger partial charge in [-0.2, -0.15) is 0 Å². The number of para-hydroxylation sites is 5. The molecule has 54 heavy (non-hydrogen) atoms. The number of aromatic nitrogens is 4. The molecular weight excluding hydrogens is 657 g/mol. The lowest BCUT2D eigenvalue weighted by atomic mass is 9.72. The zero-order chi connectivity index (χ0) is 35.7. The Morgan fingerprint density at radius 2 is 1.20 bits per heavy atom. The molecule has 10 aromatic rings. The van der Waals surface area contributed by atoms with Crippen molar-refractivity contribution in [2.45, 2.75) is 5.41 Å². The average molecular weight is 689 g/mol. The van der Waals surface area contributed by atoms with E-state index in [4.69, 9.17) is 4.98 Å². The standard InChI is InChI=1S/C50H32N4/c1-3-33-34-18-8-11-21-39(34)50(38(33)4-2)40-30-32(26-28-44(40)54-45-25-15-12-22-41(45)51-49(50)54)53-42-23-13-9-19-35(42)36-27-29-46-47(48(36)53)37-20-10-14-24-43(37)52(46)31-16-6-5-7-17-31/h3-30H,1-2H2. The summed E-state index contributed by atoms with van der Waals surface area (Å²) in [5, 5.41) is 4.93. The van der Waals surface area contributed by atoms with E-state index in [-0.39, 0.29) is 0 Å². The van der Waals surface area contributed by atoms with Crippen LogP contribution < -0.4 is 0 Å². The van der Waals surface area contributed by atoms with Crippen molar-refractivity contribution in [3.8, 4) is 17.1 Å². The molecule has 1 aliphatic carbocycles. The Morgan fingerprint density at radius 3 is 2.02 bits per heavy atom. The normalized spacial score (nSPS) is 15.9. The molecule has 1 atom stereocenters. The van der Waals surface area contributed by atoms with Gasteiger partial charge in [-0.25, -0.2) is 4.98 Å². The monoisotopic (exact) mass is 688 g/mol. The minimum atomic E-state index is -0.677. The second-order valence-corrected chi connectivity index (χ2v) is 14.4. The third-order valence-corrected chi connectivity index (χ3v) is 12.0. The molecule has 1 aliphatic heterocycles. The first-order valence-corrected chi connectivity index (χ1v) is 18.5. The number of imidazole rings is 1. The van der Waals surface area contributed by atoms with Gasteiger partial charge in [0.05, 0.1) is 38.8 Å². The molecule has 1 spiro atoms. The van der Waals surface area contributed by atoms with Gasteiger partial charge in [-0.1, -0.05) is 122 Å². The van der Waals surface area contributed by atoms with Gasteiger partial charge in [0.2, 0.25) is 0 Å². The minimum absolute atomic E-state index is 0.677. The van der Waals surface area contributed by atoms with E-state index >= 15 is 0 Å². The number of nitrogens with zero attached hydrogens (tertiary/aromatic N) is 4. The van der Waals surface area contributed by atoms with Crippen LogP contribution in [0.2, 0.25) is 0 Å². The van der Waals surface area contributed by atoms with Crippen molar-refractivity contribution in [3.63, 3.8) is 0 Å². The van der Waals surface area contributed by atoms with Crippen LogP contribution in [0.4, 0.5) is 0 Å². The van der Waals surface area contributed by atoms with Crippen LogP contribution >= 0.6 is 0 Å². The number of rotatable bonds is 4. The molecule has 0 saturated carbocycles. The highest BCUT2D eigenvalue weighted by Gasteiger charge is 2.54. The van der Waals surface area contributed by atoms with Gasteiger partial charge >= 0.3 is 0 Å². The Labute approximate surface area is 311 Å². The number of hydrogen-bond donors (Lipinski definition) is 0. The molecule has 0 radical (unpaired) electrons. The summed E-state index contributed by atoms with van der Waals surface area (Å²) >= 11 is 0. The largest absolute Gasteiger partial charge is 0.309 e. The SMILES string of the molecule is C=CC1=C(C=C)C2(c3ccccc31)c1cc(-n3c4ccccc4c4ccc5c(c6ccccc6n5-c5ccccc5)c43)ccc1-n1c2nc2ccccc21. The van der Waals surface area contributed by atoms with Crippen LogP contribution in [0.15, 0.2) is 189 Å². The molecule has 0 N–H and O–H groups in total. The van der Waals surface area contributed by atoms with Gasteiger partial charge in [0, 0.05) is 38.5 Å². The molecule has 4 heteroatoms. The number of fused-ring (bicyclic) bond motifs is 16. The molecule has 0 saturated heterocycles. The van der Waals surface area contributed by atoms with E-state index in [9.17, 15) is 0 Å². The van der Waals surface area contributed by atoms with Gasteiger partial charge in [-0.05, 0) is 82.9 Å². The molecule has 12 rings (SSSR count). The second kappa shape index (κ2) is 10.5. The molecule has 7 aromatic carbocycles. The third kappa shape index (κ3) is 3.41. The van der Waals surface area contributed by atoms with Gasteiger partial charge in [0.1, 0.15) is 11.2 Å². The Morgan fingerprint density at radius 1 is 0.500 bits per heavy atom. The summed E-state index contributed by atoms with van der Waals surface area (Å²) in [7, 11) is 0. The lowest BCUT2D eigenvalue weighted by Crippen LogP contribution is -2.28. The zero-order valence-electron chi connectivity index (χ0n) is 29.4. The lowest BCUT2D eigenvalue weighted by molar-refractivity contribution is 0.732. The van der Waals surface area contributed by atoms with Crippen molar-refractivity contribution >= 4 is 60.2 Å². The van der Waals surface area contributed by atoms with Crippen LogP contribution in [0.3, 0.4) is 0 Å². The van der Waals surface area contributed by atoms with Crippen LogP contribution in [-0.4, -0.2) is 18.7 Å². The fourth-order valence-electron chi connectivity index (χ4n) is 9.98. The molecule has 2 aliphatic rings. The quantitative estimate of drug-likeness (QED) is 0.181. The zero-order valence-corrected chi connectivity index (χ0v) is 29.4. The summed E-state index contributed by atoms with van der Waals surface area (Å²) in [5.41, 5.74) is 15.3. The molecule has 4 heterocycles. The Hall–Kier alpha value is -7.17. The Balaban J connectivity index is 1.24. The van der Waals surface area contributed by atoms with Crippen molar-refractivity contribution in [1.29, 1.82) is 0 Å². The molecule has 4 nitrogen and oxygen atoms in total. The van der Waals surface area contributed by atoms with Gasteiger partial charge in [0.25, 0.3) is 0 Å². The van der Waals surface area contributed by atoms with E-state index < -0.39 is 5.41 Å². The van der Waals surface area contributed by atoms with Crippen molar-refractivity contribution in [3.05, 3.63) is 211 Å². The molecule has 1 unspecified atom stereocenters. The first-order chi connectivity index (χ1) is 26.7. The van der Waals surface area contributed by atoms with Crippen LogP contribution in [0, 0.1) is 0 Å². The predicted octanol–water partition coefficient (Wildman–Crippen LogP) is 12.0. The van der Waals surface area contributed by atoms with Crippen LogP contribution in [-0.2, 0) is 5.41 Å². The number of hydrogen-bond acceptors (Lipinski definition) is 1.